The van der Waals surface area contributed by atoms with Crippen molar-refractivity contribution < 1.29 is 23.8 Å². The van der Waals surface area contributed by atoms with Crippen molar-refractivity contribution in [1.29, 1.82) is 0 Å². The first kappa shape index (κ1) is 32.9. The molecule has 0 amide bonds. The van der Waals surface area contributed by atoms with Gasteiger partial charge < -0.3 is 14.2 Å². The molecule has 0 N–H and O–H groups in total. The summed E-state index contributed by atoms with van der Waals surface area (Å²) >= 11 is 0. The quantitative estimate of drug-likeness (QED) is 0.0866. The number of hydrogen-bond acceptors (Lipinski definition) is 5. The van der Waals surface area contributed by atoms with Crippen molar-refractivity contribution in [2.24, 2.45) is 0 Å². The molecule has 34 heavy (non-hydrogen) atoms. The van der Waals surface area contributed by atoms with E-state index in [1.54, 1.807) is 0 Å². The van der Waals surface area contributed by atoms with Crippen LogP contribution in [-0.4, -0.2) is 38.4 Å². The Hall–Kier alpha value is -1.10. The topological polar surface area (TPSA) is 61.8 Å². The third-order valence-electron chi connectivity index (χ3n) is 6.22. The van der Waals surface area contributed by atoms with Crippen LogP contribution in [0.1, 0.15) is 149 Å². The highest BCUT2D eigenvalue weighted by atomic mass is 16.6. The molecule has 0 aromatic heterocycles. The maximum atomic E-state index is 11.8. The third kappa shape index (κ3) is 27.1. The molecule has 0 saturated carbocycles. The van der Waals surface area contributed by atoms with Crippen LogP contribution in [0, 0.1) is 0 Å². The van der Waals surface area contributed by atoms with Gasteiger partial charge in [-0.05, 0) is 26.2 Å². The van der Waals surface area contributed by atoms with Gasteiger partial charge in [0.25, 0.3) is 0 Å². The van der Waals surface area contributed by atoms with E-state index in [0.29, 0.717) is 39.3 Å². The molecule has 0 atom stereocenters. The number of carbonyl (C=O) groups is 2. The van der Waals surface area contributed by atoms with Crippen molar-refractivity contribution in [2.75, 3.05) is 26.4 Å². The number of carbonyl (C=O) groups excluding carboxylic acids is 2. The van der Waals surface area contributed by atoms with Crippen LogP contribution in [0.4, 0.5) is 0 Å². The van der Waals surface area contributed by atoms with Gasteiger partial charge in [-0.3, -0.25) is 9.59 Å². The van der Waals surface area contributed by atoms with Gasteiger partial charge in [-0.2, -0.15) is 0 Å². The Morgan fingerprint density at radius 3 is 1.26 bits per heavy atom. The first-order valence-corrected chi connectivity index (χ1v) is 14.6. The predicted octanol–water partition coefficient (Wildman–Crippen LogP) is 8.32. The molecule has 0 spiro atoms. The Balaban J connectivity index is 3.22. The SMILES string of the molecule is CCCCCCCCCCCCCCCOC(=O)CCCCCCCCC(=O)OCCOCC. The average molecular weight is 485 g/mol. The zero-order valence-electron chi connectivity index (χ0n) is 22.7. The molecule has 0 aliphatic heterocycles. The van der Waals surface area contributed by atoms with Crippen LogP contribution in [0.3, 0.4) is 0 Å². The van der Waals surface area contributed by atoms with Gasteiger partial charge in [0.05, 0.1) is 13.2 Å². The van der Waals surface area contributed by atoms with Gasteiger partial charge in [0.2, 0.25) is 0 Å². The van der Waals surface area contributed by atoms with Crippen molar-refractivity contribution in [3.63, 3.8) is 0 Å². The number of ether oxygens (including phenoxy) is 3. The average Bonchev–Trinajstić information content (AvgIpc) is 2.83. The minimum atomic E-state index is -0.133. The summed E-state index contributed by atoms with van der Waals surface area (Å²) in [6.45, 7) is 6.25. The minimum absolute atomic E-state index is 0.0475. The zero-order chi connectivity index (χ0) is 25.0. The second-order valence-electron chi connectivity index (χ2n) is 9.50. The van der Waals surface area contributed by atoms with Gasteiger partial charge in [-0.1, -0.05) is 110 Å². The van der Waals surface area contributed by atoms with Crippen LogP contribution in [0.2, 0.25) is 0 Å². The molecule has 0 rings (SSSR count). The molecule has 0 aromatic carbocycles. The highest BCUT2D eigenvalue weighted by molar-refractivity contribution is 5.69. The summed E-state index contributed by atoms with van der Waals surface area (Å²) in [7, 11) is 0. The maximum Gasteiger partial charge on any atom is 0.305 e. The monoisotopic (exact) mass is 484 g/mol. The summed E-state index contributed by atoms with van der Waals surface area (Å²) in [4.78, 5) is 23.3. The lowest BCUT2D eigenvalue weighted by molar-refractivity contribution is -0.145. The molecule has 0 unspecified atom stereocenters. The molecular formula is C29H56O5. The van der Waals surface area contributed by atoms with Crippen LogP contribution in [-0.2, 0) is 23.8 Å². The Morgan fingerprint density at radius 1 is 0.441 bits per heavy atom. The lowest BCUT2D eigenvalue weighted by Crippen LogP contribution is -2.10. The summed E-state index contributed by atoms with van der Waals surface area (Å²) in [5.41, 5.74) is 0. The largest absolute Gasteiger partial charge is 0.466 e. The number of hydrogen-bond donors (Lipinski definition) is 0. The van der Waals surface area contributed by atoms with E-state index in [2.05, 4.69) is 6.92 Å². The van der Waals surface area contributed by atoms with Crippen molar-refractivity contribution in [1.82, 2.24) is 0 Å². The lowest BCUT2D eigenvalue weighted by atomic mass is 10.0. The van der Waals surface area contributed by atoms with Crippen molar-refractivity contribution in [3.8, 4) is 0 Å². The molecule has 0 aliphatic carbocycles. The van der Waals surface area contributed by atoms with E-state index in [4.69, 9.17) is 14.2 Å². The van der Waals surface area contributed by atoms with Gasteiger partial charge in [0.1, 0.15) is 6.61 Å². The predicted molar refractivity (Wildman–Crippen MR) is 141 cm³/mol. The van der Waals surface area contributed by atoms with Crippen molar-refractivity contribution in [3.05, 3.63) is 0 Å². The molecular weight excluding hydrogens is 428 g/mol. The Labute approximate surface area is 211 Å². The summed E-state index contributed by atoms with van der Waals surface area (Å²) in [6.07, 6.45) is 24.3. The molecule has 0 aliphatic rings. The van der Waals surface area contributed by atoms with Crippen LogP contribution in [0.5, 0.6) is 0 Å². The fraction of sp³-hybridized carbons (Fsp3) is 0.931. The maximum absolute atomic E-state index is 11.8. The Bertz CT molecular complexity index is 438. The van der Waals surface area contributed by atoms with E-state index in [-0.39, 0.29) is 11.9 Å². The smallest absolute Gasteiger partial charge is 0.305 e. The molecule has 0 radical (unpaired) electrons. The van der Waals surface area contributed by atoms with Crippen LogP contribution in [0.25, 0.3) is 0 Å². The molecule has 5 heteroatoms. The van der Waals surface area contributed by atoms with Crippen molar-refractivity contribution in [2.45, 2.75) is 149 Å². The molecule has 0 aromatic rings. The van der Waals surface area contributed by atoms with E-state index in [9.17, 15) is 9.59 Å². The van der Waals surface area contributed by atoms with Gasteiger partial charge in [0, 0.05) is 19.4 Å². The normalized spacial score (nSPS) is 11.0. The molecule has 0 saturated heterocycles. The van der Waals surface area contributed by atoms with E-state index in [1.807, 2.05) is 6.92 Å². The van der Waals surface area contributed by atoms with Crippen molar-refractivity contribution >= 4 is 11.9 Å². The Kier molecular flexibility index (Phi) is 27.2. The molecule has 5 nitrogen and oxygen atoms in total. The van der Waals surface area contributed by atoms with Crippen LogP contribution in [0.15, 0.2) is 0 Å². The van der Waals surface area contributed by atoms with Crippen LogP contribution >= 0.6 is 0 Å². The van der Waals surface area contributed by atoms with Gasteiger partial charge >= 0.3 is 11.9 Å². The lowest BCUT2D eigenvalue weighted by Gasteiger charge is -2.06. The van der Waals surface area contributed by atoms with Crippen LogP contribution < -0.4 is 0 Å². The van der Waals surface area contributed by atoms with Gasteiger partial charge in [-0.15, -0.1) is 0 Å². The second kappa shape index (κ2) is 28.1. The Morgan fingerprint density at radius 2 is 0.824 bits per heavy atom. The first-order chi connectivity index (χ1) is 16.7. The zero-order valence-corrected chi connectivity index (χ0v) is 22.7. The summed E-state index contributed by atoms with van der Waals surface area (Å²) in [5.74, 6) is -0.181. The fourth-order valence-corrected chi connectivity index (χ4v) is 4.05. The van der Waals surface area contributed by atoms with E-state index in [1.165, 1.54) is 77.0 Å². The van der Waals surface area contributed by atoms with E-state index < -0.39 is 0 Å². The first-order valence-electron chi connectivity index (χ1n) is 14.6. The number of unbranched alkanes of at least 4 members (excludes halogenated alkanes) is 17. The molecule has 0 bridgehead atoms. The van der Waals surface area contributed by atoms with Gasteiger partial charge in [-0.25, -0.2) is 0 Å². The summed E-state index contributed by atoms with van der Waals surface area (Å²) < 4.78 is 15.6. The second-order valence-corrected chi connectivity index (χ2v) is 9.50. The number of rotatable bonds is 27. The fourth-order valence-electron chi connectivity index (χ4n) is 4.05. The molecule has 0 fully saturated rings. The summed E-state index contributed by atoms with van der Waals surface area (Å²) in [5, 5.41) is 0. The third-order valence-corrected chi connectivity index (χ3v) is 6.22. The highest BCUT2D eigenvalue weighted by Crippen LogP contribution is 2.13. The summed E-state index contributed by atoms with van der Waals surface area (Å²) in [6, 6.07) is 0. The number of esters is 2. The van der Waals surface area contributed by atoms with E-state index >= 15 is 0 Å². The minimum Gasteiger partial charge on any atom is -0.466 e. The van der Waals surface area contributed by atoms with Gasteiger partial charge in [0.15, 0.2) is 0 Å². The molecule has 0 heterocycles. The molecule has 202 valence electrons. The highest BCUT2D eigenvalue weighted by Gasteiger charge is 2.04. The van der Waals surface area contributed by atoms with E-state index in [0.717, 1.165) is 44.9 Å². The standard InChI is InChI=1S/C29H56O5/c1-3-5-6-7-8-9-10-11-12-13-16-19-22-25-33-28(30)23-20-17-14-15-18-21-24-29(31)34-27-26-32-4-2/h3-27H2,1-2H3.